The summed E-state index contributed by atoms with van der Waals surface area (Å²) in [6.07, 6.45) is 1.48. The summed E-state index contributed by atoms with van der Waals surface area (Å²) in [7, 11) is 0. The average molecular weight is 389 g/mol. The minimum absolute atomic E-state index is 0.260. The molecule has 148 valence electrons. The van der Waals surface area contributed by atoms with Crippen LogP contribution in [0.1, 0.15) is 53.4 Å². The molecule has 3 rings (SSSR count). The van der Waals surface area contributed by atoms with Crippen molar-refractivity contribution in [3.05, 3.63) is 70.3 Å². The molecule has 0 spiro atoms. The maximum atomic E-state index is 13.1. The van der Waals surface area contributed by atoms with Crippen LogP contribution in [0.25, 0.3) is 0 Å². The highest BCUT2D eigenvalue weighted by Crippen LogP contribution is 2.29. The number of carbonyl (C=O) groups excluding carboxylic acids is 3. The molecule has 1 N–H and O–H groups in total. The van der Waals surface area contributed by atoms with E-state index in [-0.39, 0.29) is 12.3 Å². The molecule has 2 aromatic carbocycles. The number of nitrogens with zero attached hydrogens (tertiary/aromatic N) is 2. The fraction of sp³-hybridized carbons (Fsp3) is 0.304. The van der Waals surface area contributed by atoms with Crippen molar-refractivity contribution in [2.24, 2.45) is 0 Å². The second-order valence-corrected chi connectivity index (χ2v) is 7.26. The molecule has 1 atom stereocenters. The molecule has 1 aliphatic rings. The number of aryl methyl sites for hydroxylation is 2. The minimum Gasteiger partial charge on any atom is -0.319 e. The number of hydrogen-bond acceptors (Lipinski definition) is 4. The molecular formula is C23H23N3O3. The van der Waals surface area contributed by atoms with Crippen LogP contribution in [0, 0.1) is 11.3 Å². The Labute approximate surface area is 170 Å². The summed E-state index contributed by atoms with van der Waals surface area (Å²) >= 11 is 0. The average Bonchev–Trinajstić information content (AvgIpc) is 2.97. The normalized spacial score (nSPS) is 18.5. The van der Waals surface area contributed by atoms with Crippen molar-refractivity contribution in [1.82, 2.24) is 10.2 Å². The number of amides is 3. The van der Waals surface area contributed by atoms with Crippen LogP contribution in [-0.4, -0.2) is 29.2 Å². The van der Waals surface area contributed by atoms with Crippen molar-refractivity contribution in [1.29, 1.82) is 5.26 Å². The highest BCUT2D eigenvalue weighted by molar-refractivity contribution is 6.11. The van der Waals surface area contributed by atoms with Gasteiger partial charge >= 0.3 is 6.03 Å². The Morgan fingerprint density at radius 3 is 2.38 bits per heavy atom. The first-order valence-electron chi connectivity index (χ1n) is 9.63. The molecular weight excluding hydrogens is 366 g/mol. The van der Waals surface area contributed by atoms with E-state index in [1.807, 2.05) is 38.1 Å². The Kier molecular flexibility index (Phi) is 5.51. The van der Waals surface area contributed by atoms with Crippen molar-refractivity contribution >= 4 is 17.7 Å². The summed E-state index contributed by atoms with van der Waals surface area (Å²) in [5, 5.41) is 11.6. The number of carbonyl (C=O) groups is 3. The smallest absolute Gasteiger partial charge is 0.319 e. The van der Waals surface area contributed by atoms with Crippen molar-refractivity contribution in [2.45, 2.75) is 39.2 Å². The number of imide groups is 1. The van der Waals surface area contributed by atoms with Crippen molar-refractivity contribution in [3.8, 4) is 6.07 Å². The SMILES string of the molecule is CCc1ccc(CC)c(C(=O)CN2C(=O)N[C@@](C)(c3ccc(C#N)cc3)C2=O)c1. The predicted octanol–water partition coefficient (Wildman–Crippen LogP) is 3.33. The van der Waals surface area contributed by atoms with Crippen molar-refractivity contribution < 1.29 is 14.4 Å². The van der Waals surface area contributed by atoms with E-state index in [0.717, 1.165) is 22.4 Å². The number of urea groups is 1. The van der Waals surface area contributed by atoms with Gasteiger partial charge in [0.05, 0.1) is 18.2 Å². The molecule has 0 unspecified atom stereocenters. The molecule has 3 amide bonds. The van der Waals surface area contributed by atoms with Gasteiger partial charge in [0, 0.05) is 5.56 Å². The lowest BCUT2D eigenvalue weighted by Crippen LogP contribution is -2.41. The zero-order chi connectivity index (χ0) is 21.2. The highest BCUT2D eigenvalue weighted by atomic mass is 16.2. The van der Waals surface area contributed by atoms with Crippen LogP contribution in [-0.2, 0) is 23.2 Å². The summed E-state index contributed by atoms with van der Waals surface area (Å²) in [5.74, 6) is -0.741. The lowest BCUT2D eigenvalue weighted by Gasteiger charge is -2.22. The number of nitriles is 1. The van der Waals surface area contributed by atoms with E-state index < -0.39 is 17.5 Å². The number of benzene rings is 2. The number of ketones is 1. The van der Waals surface area contributed by atoms with Gasteiger partial charge in [0.25, 0.3) is 5.91 Å². The molecule has 1 saturated heterocycles. The van der Waals surface area contributed by atoms with Gasteiger partial charge in [-0.2, -0.15) is 5.26 Å². The maximum absolute atomic E-state index is 13.1. The number of rotatable bonds is 6. The van der Waals surface area contributed by atoms with E-state index in [1.54, 1.807) is 31.2 Å². The first-order valence-corrected chi connectivity index (χ1v) is 9.63. The zero-order valence-corrected chi connectivity index (χ0v) is 16.8. The molecule has 0 bridgehead atoms. The lowest BCUT2D eigenvalue weighted by atomic mass is 9.91. The predicted molar refractivity (Wildman–Crippen MR) is 108 cm³/mol. The minimum atomic E-state index is -1.27. The molecule has 0 aromatic heterocycles. The molecule has 2 aromatic rings. The lowest BCUT2D eigenvalue weighted by molar-refractivity contribution is -0.130. The second kappa shape index (κ2) is 7.88. The van der Waals surface area contributed by atoms with Gasteiger partial charge in [0.1, 0.15) is 5.54 Å². The Morgan fingerprint density at radius 2 is 1.79 bits per heavy atom. The summed E-state index contributed by atoms with van der Waals surface area (Å²) in [6.45, 7) is 5.27. The first kappa shape index (κ1) is 20.3. The molecule has 0 aliphatic carbocycles. The van der Waals surface area contributed by atoms with Crippen LogP contribution in [0.2, 0.25) is 0 Å². The van der Waals surface area contributed by atoms with Crippen molar-refractivity contribution in [2.75, 3.05) is 6.54 Å². The van der Waals surface area contributed by atoms with Crippen LogP contribution in [0.3, 0.4) is 0 Å². The van der Waals surface area contributed by atoms with Gasteiger partial charge in [-0.05, 0) is 54.7 Å². The fourth-order valence-corrected chi connectivity index (χ4v) is 3.55. The molecule has 6 heteroatoms. The van der Waals surface area contributed by atoms with Gasteiger partial charge in [0.15, 0.2) is 5.78 Å². The molecule has 1 aliphatic heterocycles. The fourth-order valence-electron chi connectivity index (χ4n) is 3.55. The van der Waals surface area contributed by atoms with Gasteiger partial charge in [-0.3, -0.25) is 14.5 Å². The molecule has 0 saturated carbocycles. The highest BCUT2D eigenvalue weighted by Gasteiger charge is 2.49. The van der Waals surface area contributed by atoms with E-state index >= 15 is 0 Å². The summed E-state index contributed by atoms with van der Waals surface area (Å²) < 4.78 is 0. The summed E-state index contributed by atoms with van der Waals surface area (Å²) in [6, 6.07) is 13.7. The molecule has 6 nitrogen and oxygen atoms in total. The molecule has 0 radical (unpaired) electrons. The topological polar surface area (TPSA) is 90.3 Å². The number of Topliss-reactive ketones (excluding diaryl/α,β-unsaturated/α-hetero) is 1. The quantitative estimate of drug-likeness (QED) is 0.606. The Bertz CT molecular complexity index is 1020. The van der Waals surface area contributed by atoms with E-state index in [2.05, 4.69) is 5.32 Å². The number of nitrogens with one attached hydrogen (secondary N) is 1. The Morgan fingerprint density at radius 1 is 1.10 bits per heavy atom. The third-order valence-corrected chi connectivity index (χ3v) is 5.43. The largest absolute Gasteiger partial charge is 0.325 e. The molecule has 1 fully saturated rings. The van der Waals surface area contributed by atoms with E-state index in [9.17, 15) is 14.4 Å². The second-order valence-electron chi connectivity index (χ2n) is 7.26. The van der Waals surface area contributed by atoms with Crippen LogP contribution in [0.5, 0.6) is 0 Å². The van der Waals surface area contributed by atoms with Gasteiger partial charge < -0.3 is 5.32 Å². The van der Waals surface area contributed by atoms with E-state index in [1.165, 1.54) is 0 Å². The van der Waals surface area contributed by atoms with Crippen LogP contribution in [0.4, 0.5) is 4.79 Å². The van der Waals surface area contributed by atoms with Gasteiger partial charge in [-0.25, -0.2) is 4.79 Å². The summed E-state index contributed by atoms with van der Waals surface area (Å²) in [5.41, 5.74) is 2.24. The Balaban J connectivity index is 1.87. The molecule has 29 heavy (non-hydrogen) atoms. The standard InChI is InChI=1S/C23H23N3O3/c1-4-15-6-9-17(5-2)19(12-15)20(27)14-26-21(28)23(3,25-22(26)29)18-10-7-16(13-24)8-11-18/h6-12H,4-5,14H2,1-3H3,(H,25,29)/t23-/m0/s1. The number of hydrogen-bond donors (Lipinski definition) is 1. The maximum Gasteiger partial charge on any atom is 0.325 e. The van der Waals surface area contributed by atoms with Gasteiger partial charge in [-0.1, -0.05) is 38.1 Å². The van der Waals surface area contributed by atoms with E-state index in [0.29, 0.717) is 23.1 Å². The van der Waals surface area contributed by atoms with Crippen molar-refractivity contribution in [3.63, 3.8) is 0 Å². The summed E-state index contributed by atoms with van der Waals surface area (Å²) in [4.78, 5) is 39.5. The van der Waals surface area contributed by atoms with Gasteiger partial charge in [-0.15, -0.1) is 0 Å². The first-order chi connectivity index (χ1) is 13.8. The van der Waals surface area contributed by atoms with Gasteiger partial charge in [0.2, 0.25) is 0 Å². The van der Waals surface area contributed by atoms with E-state index in [4.69, 9.17) is 5.26 Å². The van der Waals surface area contributed by atoms with Crippen LogP contribution >= 0.6 is 0 Å². The van der Waals surface area contributed by atoms with Crippen LogP contribution < -0.4 is 5.32 Å². The Hall–Kier alpha value is -3.46. The zero-order valence-electron chi connectivity index (χ0n) is 16.8. The third-order valence-electron chi connectivity index (χ3n) is 5.43. The monoisotopic (exact) mass is 389 g/mol. The third kappa shape index (κ3) is 3.64. The van der Waals surface area contributed by atoms with Crippen LogP contribution in [0.15, 0.2) is 42.5 Å². The molecule has 1 heterocycles.